The maximum atomic E-state index is 17.8. The molecule has 0 N–H and O–H groups in total. The maximum absolute atomic E-state index is 17.8. The second-order valence-corrected chi connectivity index (χ2v) is 25.9. The van der Waals surface area contributed by atoms with Crippen molar-refractivity contribution < 1.29 is 27.4 Å². The number of hydrogen-bond acceptors (Lipinski definition) is 8. The summed E-state index contributed by atoms with van der Waals surface area (Å²) in [5, 5.41) is 1.43. The van der Waals surface area contributed by atoms with Crippen molar-refractivity contribution in [3.8, 4) is 28.7 Å². The SMILES string of the molecule is C=C1CN2CC(=C)CC2(COc2nc(N3CC4CCC(C3)N4C(=O)OC(C)(C)C)c3cnc(-c4cc(C(F)F)cc5cccc(C#C[Si](C(C)C)(C(C)C)C(C)C)c45)c(F)c3n2)C1. The molecular weight excluding hydrogens is 818 g/mol. The molecule has 4 aromatic rings. The molecule has 2 aromatic heterocycles. The van der Waals surface area contributed by atoms with Crippen LogP contribution in [0.25, 0.3) is 32.9 Å². The number of nitrogens with zero attached hydrogens (tertiary/aromatic N) is 6. The van der Waals surface area contributed by atoms with E-state index in [0.29, 0.717) is 57.3 Å². The minimum atomic E-state index is -2.81. The summed E-state index contributed by atoms with van der Waals surface area (Å²) in [6.45, 7) is 30.1. The van der Waals surface area contributed by atoms with Crippen LogP contribution in [0.5, 0.6) is 6.01 Å². The van der Waals surface area contributed by atoms with E-state index in [9.17, 15) is 13.6 Å². The molecule has 334 valence electrons. The van der Waals surface area contributed by atoms with Crippen LogP contribution in [0.2, 0.25) is 16.6 Å². The topological polar surface area (TPSA) is 83.9 Å². The van der Waals surface area contributed by atoms with Crippen molar-refractivity contribution in [2.24, 2.45) is 0 Å². The van der Waals surface area contributed by atoms with Gasteiger partial charge in [-0.15, -0.1) is 5.54 Å². The molecule has 4 fully saturated rings. The zero-order valence-corrected chi connectivity index (χ0v) is 39.2. The third kappa shape index (κ3) is 8.11. The zero-order valence-electron chi connectivity index (χ0n) is 38.2. The molecule has 1 amide bonds. The maximum Gasteiger partial charge on any atom is 0.410 e. The van der Waals surface area contributed by atoms with E-state index in [1.807, 2.05) is 37.8 Å². The van der Waals surface area contributed by atoms with Gasteiger partial charge in [-0.25, -0.2) is 18.0 Å². The highest BCUT2D eigenvalue weighted by Gasteiger charge is 2.49. The summed E-state index contributed by atoms with van der Waals surface area (Å²) in [5.41, 5.74) is 6.56. The lowest BCUT2D eigenvalue weighted by molar-refractivity contribution is 0.0122. The molecule has 0 spiro atoms. The van der Waals surface area contributed by atoms with Crippen molar-refractivity contribution in [1.29, 1.82) is 0 Å². The van der Waals surface area contributed by atoms with Crippen LogP contribution < -0.4 is 9.64 Å². The van der Waals surface area contributed by atoms with Crippen molar-refractivity contribution in [3.63, 3.8) is 0 Å². The van der Waals surface area contributed by atoms with Gasteiger partial charge in [0.15, 0.2) is 5.82 Å². The van der Waals surface area contributed by atoms with Crippen LogP contribution >= 0.6 is 0 Å². The number of fused-ring (bicyclic) bond motifs is 5. The van der Waals surface area contributed by atoms with Crippen LogP contribution in [0.1, 0.15) is 106 Å². The summed E-state index contributed by atoms with van der Waals surface area (Å²) < 4.78 is 59.5. The van der Waals surface area contributed by atoms with Gasteiger partial charge in [0, 0.05) is 54.5 Å². The Balaban J connectivity index is 1.28. The molecule has 2 unspecified atom stereocenters. The van der Waals surface area contributed by atoms with Crippen LogP contribution in [0.15, 0.2) is 60.8 Å². The van der Waals surface area contributed by atoms with Crippen molar-refractivity contribution in [1.82, 2.24) is 24.8 Å². The van der Waals surface area contributed by atoms with Crippen LogP contribution in [0.4, 0.5) is 23.8 Å². The van der Waals surface area contributed by atoms with Crippen LogP contribution in [0, 0.1) is 17.3 Å². The molecule has 4 aliphatic rings. The normalized spacial score (nSPS) is 20.2. The highest BCUT2D eigenvalue weighted by Crippen LogP contribution is 2.45. The van der Waals surface area contributed by atoms with E-state index in [1.165, 1.54) is 12.1 Å². The van der Waals surface area contributed by atoms with Gasteiger partial charge < -0.3 is 14.4 Å². The monoisotopic (exact) mass is 878 g/mol. The Labute approximate surface area is 371 Å². The third-order valence-electron chi connectivity index (χ3n) is 13.9. The molecule has 6 heterocycles. The van der Waals surface area contributed by atoms with E-state index in [0.717, 1.165) is 49.9 Å². The molecule has 13 heteroatoms. The largest absolute Gasteiger partial charge is 0.461 e. The number of carbonyl (C=O) groups excluding carboxylic acids is 1. The van der Waals surface area contributed by atoms with E-state index < -0.39 is 25.9 Å². The fraction of sp³-hybridized carbons (Fsp3) is 0.520. The third-order valence-corrected chi connectivity index (χ3v) is 20.2. The first kappa shape index (κ1) is 44.7. The number of benzene rings is 2. The summed E-state index contributed by atoms with van der Waals surface area (Å²) in [4.78, 5) is 34.1. The molecule has 4 aliphatic heterocycles. The van der Waals surface area contributed by atoms with Crippen LogP contribution in [0.3, 0.4) is 0 Å². The number of ether oxygens (including phenoxy) is 2. The average Bonchev–Trinajstić information content (AvgIpc) is 3.77. The predicted molar refractivity (Wildman–Crippen MR) is 248 cm³/mol. The molecule has 0 aliphatic carbocycles. The summed E-state index contributed by atoms with van der Waals surface area (Å²) >= 11 is 0. The molecular formula is C50H61F3N6O3Si. The smallest absolute Gasteiger partial charge is 0.410 e. The summed E-state index contributed by atoms with van der Waals surface area (Å²) in [6.07, 6.45) is 1.41. The van der Waals surface area contributed by atoms with Gasteiger partial charge in [0.2, 0.25) is 0 Å². The molecule has 0 radical (unpaired) electrons. The zero-order chi connectivity index (χ0) is 45.3. The summed E-state index contributed by atoms with van der Waals surface area (Å²) in [7, 11) is -2.21. The van der Waals surface area contributed by atoms with Crippen molar-refractivity contribution in [2.45, 2.75) is 134 Å². The van der Waals surface area contributed by atoms with Gasteiger partial charge in [0.05, 0.1) is 23.0 Å². The van der Waals surface area contributed by atoms with E-state index in [4.69, 9.17) is 24.4 Å². The average molecular weight is 879 g/mol. The van der Waals surface area contributed by atoms with Crippen LogP contribution in [-0.2, 0) is 4.74 Å². The lowest BCUT2D eigenvalue weighted by Gasteiger charge is -2.42. The van der Waals surface area contributed by atoms with E-state index in [-0.39, 0.29) is 58.7 Å². The molecule has 63 heavy (non-hydrogen) atoms. The Morgan fingerprint density at radius 1 is 0.968 bits per heavy atom. The summed E-state index contributed by atoms with van der Waals surface area (Å²) in [6, 6.07) is 7.96. The van der Waals surface area contributed by atoms with Crippen LogP contribution in [-0.4, -0.2) is 94.9 Å². The Morgan fingerprint density at radius 3 is 2.19 bits per heavy atom. The number of rotatable bonds is 9. The molecule has 0 saturated carbocycles. The van der Waals surface area contributed by atoms with Gasteiger partial charge in [-0.05, 0) is 86.7 Å². The number of hydrogen-bond donors (Lipinski definition) is 0. The first-order chi connectivity index (χ1) is 29.7. The van der Waals surface area contributed by atoms with Gasteiger partial charge in [-0.2, -0.15) is 9.97 Å². The number of aromatic nitrogens is 3. The summed E-state index contributed by atoms with van der Waals surface area (Å²) in [5.74, 6) is 3.19. The number of halogens is 3. The number of anilines is 1. The Kier molecular flexibility index (Phi) is 11.7. The first-order valence-electron chi connectivity index (χ1n) is 22.4. The molecule has 8 rings (SSSR count). The Bertz CT molecular complexity index is 2500. The molecule has 2 aromatic carbocycles. The standard InChI is InChI=1S/C50H61F3N6O3Si/c1-29(2)63(30(3)4,31(5)6)18-17-34-13-12-14-35-19-36(45(52)53)20-39(41(34)35)43-42(51)44-40(23-54-43)46(57-26-37-15-16-38(27-57)59(37)48(60)62-49(9,10)11)56-47(55-44)61-28-50-21-32(7)24-58(50)25-33(8)22-50/h12-14,19-20,23,29-31,37-38,45H,7-8,15-16,21-22,24-28H2,1-6,9-11H3. The van der Waals surface area contributed by atoms with E-state index >= 15 is 4.39 Å². The number of carbonyl (C=O) groups is 1. The molecule has 4 saturated heterocycles. The minimum Gasteiger partial charge on any atom is -0.461 e. The second-order valence-electron chi connectivity index (χ2n) is 20.3. The number of alkyl halides is 2. The van der Waals surface area contributed by atoms with Crippen molar-refractivity contribution >= 4 is 41.7 Å². The van der Waals surface area contributed by atoms with Gasteiger partial charge in [0.1, 0.15) is 37.3 Å². The number of piperazine rings is 1. The van der Waals surface area contributed by atoms with Gasteiger partial charge in [0.25, 0.3) is 6.43 Å². The number of pyridine rings is 1. The van der Waals surface area contributed by atoms with Gasteiger partial charge in [-0.3, -0.25) is 14.8 Å². The fourth-order valence-electron chi connectivity index (χ4n) is 11.3. The van der Waals surface area contributed by atoms with Gasteiger partial charge >= 0.3 is 12.1 Å². The predicted octanol–water partition coefficient (Wildman–Crippen LogP) is 11.4. The van der Waals surface area contributed by atoms with Crippen molar-refractivity contribution in [3.05, 3.63) is 77.8 Å². The fourth-order valence-corrected chi connectivity index (χ4v) is 16.5. The van der Waals surface area contributed by atoms with E-state index in [1.54, 1.807) is 12.3 Å². The highest BCUT2D eigenvalue weighted by atomic mass is 28.3. The highest BCUT2D eigenvalue weighted by molar-refractivity contribution is 6.90. The van der Waals surface area contributed by atoms with Crippen molar-refractivity contribution in [2.75, 3.05) is 37.7 Å². The van der Waals surface area contributed by atoms with Gasteiger partial charge in [-0.1, -0.05) is 83.9 Å². The first-order valence-corrected chi connectivity index (χ1v) is 24.7. The minimum absolute atomic E-state index is 0.00471. The Hall–Kier alpha value is -4.93. The lowest BCUT2D eigenvalue weighted by atomic mass is 9.92. The second kappa shape index (κ2) is 16.6. The quantitative estimate of drug-likeness (QED) is 0.0934. The molecule has 2 bridgehead atoms. The molecule has 9 nitrogen and oxygen atoms in total. The van der Waals surface area contributed by atoms with E-state index in [2.05, 4.69) is 76.0 Å². The Morgan fingerprint density at radius 2 is 1.60 bits per heavy atom. The number of amides is 1. The molecule has 2 atom stereocenters. The lowest BCUT2D eigenvalue weighted by Crippen LogP contribution is -2.57.